The zero-order valence-electron chi connectivity index (χ0n) is 19.2. The number of benzene rings is 3. The number of hydrogen-bond donors (Lipinski definition) is 1. The van der Waals surface area contributed by atoms with Gasteiger partial charge in [0.05, 0.1) is 6.61 Å². The quantitative estimate of drug-likeness (QED) is 0.219. The van der Waals surface area contributed by atoms with Crippen molar-refractivity contribution in [2.24, 2.45) is 0 Å². The lowest BCUT2D eigenvalue weighted by Crippen LogP contribution is -2.41. The van der Waals surface area contributed by atoms with Crippen LogP contribution in [0.15, 0.2) is 85.5 Å². The van der Waals surface area contributed by atoms with Gasteiger partial charge in [-0.2, -0.15) is 0 Å². The minimum Gasteiger partial charge on any atom is -0.365 e. The van der Waals surface area contributed by atoms with Crippen molar-refractivity contribution >= 4 is 52.3 Å². The van der Waals surface area contributed by atoms with Gasteiger partial charge in [0.25, 0.3) is 5.91 Å². The highest BCUT2D eigenvalue weighted by atomic mass is 35.5. The molecule has 1 unspecified atom stereocenters. The maximum absolute atomic E-state index is 12.4. The summed E-state index contributed by atoms with van der Waals surface area (Å²) in [5.74, 6) is -0.0764. The highest BCUT2D eigenvalue weighted by Gasteiger charge is 2.21. The van der Waals surface area contributed by atoms with E-state index in [2.05, 4.69) is 5.32 Å². The number of hydrogen-bond acceptors (Lipinski definition) is 2. The Bertz CT molecular complexity index is 1330. The summed E-state index contributed by atoms with van der Waals surface area (Å²) < 4.78 is 10.0. The minimum atomic E-state index is -0.394. The molecule has 0 radical (unpaired) electrons. The second-order valence-electron chi connectivity index (χ2n) is 8.25. The molecular formula is C27H24Cl4N3O2+. The van der Waals surface area contributed by atoms with Crippen LogP contribution in [0.3, 0.4) is 0 Å². The Morgan fingerprint density at radius 2 is 1.67 bits per heavy atom. The number of halogens is 4. The van der Waals surface area contributed by atoms with Gasteiger partial charge in [0.2, 0.25) is 6.33 Å². The number of imidazole rings is 1. The molecule has 1 amide bonds. The number of rotatable bonds is 10. The Balaban J connectivity index is 1.43. The van der Waals surface area contributed by atoms with Crippen molar-refractivity contribution in [3.63, 3.8) is 0 Å². The topological polar surface area (TPSA) is 47.1 Å². The molecule has 0 saturated carbocycles. The fourth-order valence-electron chi connectivity index (χ4n) is 3.68. The summed E-state index contributed by atoms with van der Waals surface area (Å²) in [5.41, 5.74) is 2.66. The predicted octanol–water partition coefficient (Wildman–Crippen LogP) is 6.66. The first-order valence-corrected chi connectivity index (χ1v) is 12.7. The zero-order valence-corrected chi connectivity index (χ0v) is 22.2. The molecular weight excluding hydrogens is 540 g/mol. The number of amides is 1. The van der Waals surface area contributed by atoms with Crippen LogP contribution < -0.4 is 9.88 Å². The van der Waals surface area contributed by atoms with Crippen LogP contribution in [-0.4, -0.2) is 10.5 Å². The maximum Gasteiger partial charge on any atom is 0.262 e. The number of nitrogens with zero attached hydrogens (tertiary/aromatic N) is 2. The lowest BCUT2D eigenvalue weighted by Gasteiger charge is -2.19. The molecule has 0 aliphatic carbocycles. The second-order valence-corrected chi connectivity index (χ2v) is 9.93. The lowest BCUT2D eigenvalue weighted by atomic mass is 10.1. The molecule has 36 heavy (non-hydrogen) atoms. The van der Waals surface area contributed by atoms with Gasteiger partial charge in [0.1, 0.15) is 25.0 Å². The molecule has 4 rings (SSSR count). The van der Waals surface area contributed by atoms with Crippen LogP contribution in [0.1, 0.15) is 22.8 Å². The third-order valence-corrected chi connectivity index (χ3v) is 6.70. The molecule has 0 fully saturated rings. The first kappa shape index (κ1) is 26.5. The van der Waals surface area contributed by atoms with E-state index >= 15 is 0 Å². The lowest BCUT2D eigenvalue weighted by molar-refractivity contribution is -0.684. The first-order valence-electron chi connectivity index (χ1n) is 11.2. The molecule has 1 heterocycles. The van der Waals surface area contributed by atoms with E-state index < -0.39 is 6.10 Å². The van der Waals surface area contributed by atoms with Crippen LogP contribution in [0, 0.1) is 0 Å². The average molecular weight is 564 g/mol. The van der Waals surface area contributed by atoms with E-state index in [1.807, 2.05) is 70.3 Å². The van der Waals surface area contributed by atoms with Gasteiger partial charge in [-0.1, -0.05) is 88.9 Å². The molecule has 9 heteroatoms. The van der Waals surface area contributed by atoms with Crippen LogP contribution in [0.4, 0.5) is 0 Å². The van der Waals surface area contributed by atoms with Gasteiger partial charge >= 0.3 is 0 Å². The average Bonchev–Trinajstić information content (AvgIpc) is 3.29. The molecule has 1 atom stereocenters. The number of aromatic nitrogens is 2. The second kappa shape index (κ2) is 12.6. The largest absolute Gasteiger partial charge is 0.365 e. The molecule has 0 aliphatic rings. The Kier molecular flexibility index (Phi) is 9.30. The van der Waals surface area contributed by atoms with Crippen molar-refractivity contribution in [1.29, 1.82) is 0 Å². The summed E-state index contributed by atoms with van der Waals surface area (Å²) in [5, 5.41) is 5.08. The van der Waals surface area contributed by atoms with Crippen LogP contribution in [-0.2, 0) is 35.8 Å². The Morgan fingerprint density at radius 3 is 2.39 bits per heavy atom. The molecule has 5 nitrogen and oxygen atoms in total. The van der Waals surface area contributed by atoms with Gasteiger partial charge in [0.15, 0.2) is 6.54 Å². The molecule has 1 aromatic heterocycles. The van der Waals surface area contributed by atoms with E-state index in [4.69, 9.17) is 51.1 Å². The van der Waals surface area contributed by atoms with Crippen molar-refractivity contribution in [3.8, 4) is 0 Å². The normalized spacial score (nSPS) is 11.9. The van der Waals surface area contributed by atoms with Gasteiger partial charge in [-0.15, -0.1) is 0 Å². The number of carbonyl (C=O) groups is 1. The van der Waals surface area contributed by atoms with Crippen molar-refractivity contribution in [1.82, 2.24) is 9.88 Å². The monoisotopic (exact) mass is 562 g/mol. The van der Waals surface area contributed by atoms with Crippen LogP contribution >= 0.6 is 46.4 Å². The van der Waals surface area contributed by atoms with Gasteiger partial charge in [0, 0.05) is 32.2 Å². The zero-order chi connectivity index (χ0) is 25.5. The summed E-state index contributed by atoms with van der Waals surface area (Å²) in [7, 11) is 0. The van der Waals surface area contributed by atoms with Crippen molar-refractivity contribution in [3.05, 3.63) is 122 Å². The van der Waals surface area contributed by atoms with E-state index in [9.17, 15) is 4.79 Å². The molecule has 3 aromatic carbocycles. The molecule has 4 aromatic rings. The summed E-state index contributed by atoms with van der Waals surface area (Å²) in [4.78, 5) is 12.4. The molecule has 0 aliphatic heterocycles. The van der Waals surface area contributed by atoms with Crippen molar-refractivity contribution < 1.29 is 14.1 Å². The maximum atomic E-state index is 12.4. The van der Waals surface area contributed by atoms with E-state index in [-0.39, 0.29) is 19.1 Å². The fourth-order valence-corrected chi connectivity index (χ4v) is 4.68. The smallest absolute Gasteiger partial charge is 0.262 e. The predicted molar refractivity (Wildman–Crippen MR) is 143 cm³/mol. The molecule has 1 N–H and O–H groups in total. The van der Waals surface area contributed by atoms with Gasteiger partial charge in [-0.05, 0) is 35.4 Å². The van der Waals surface area contributed by atoms with E-state index in [0.717, 1.165) is 16.7 Å². The van der Waals surface area contributed by atoms with Gasteiger partial charge < -0.3 is 10.1 Å². The standard InChI is InChI=1S/C27H23Cl4N3O2/c28-21-7-6-20(24(30)12-21)17-36-26(23-9-8-22(29)13-25(23)31)15-33-10-11-34(18-33)16-27(35)32-14-19-4-2-1-3-5-19/h1-13,18,26H,14-17H2/p+1. The third-order valence-electron chi connectivity index (χ3n) is 5.55. The number of ether oxygens (including phenoxy) is 1. The highest BCUT2D eigenvalue weighted by molar-refractivity contribution is 6.35. The Hall–Kier alpha value is -2.54. The molecule has 0 spiro atoms. The minimum absolute atomic E-state index is 0.0764. The SMILES string of the molecule is O=C(C[n+]1ccn(CC(OCc2ccc(Cl)cc2Cl)c2ccc(Cl)cc2Cl)c1)NCc1ccccc1. The molecule has 0 bridgehead atoms. The van der Waals surface area contributed by atoms with Gasteiger partial charge in [-0.3, -0.25) is 4.79 Å². The summed E-state index contributed by atoms with van der Waals surface area (Å²) in [6, 6.07) is 20.4. The fraction of sp³-hybridized carbons (Fsp3) is 0.185. The number of carbonyl (C=O) groups excluding carboxylic acids is 1. The summed E-state index contributed by atoms with van der Waals surface area (Å²) in [6.45, 7) is 1.42. The van der Waals surface area contributed by atoms with E-state index in [0.29, 0.717) is 33.2 Å². The summed E-state index contributed by atoms with van der Waals surface area (Å²) in [6.07, 6.45) is 5.20. The van der Waals surface area contributed by atoms with Crippen LogP contribution in [0.25, 0.3) is 0 Å². The Labute approximate surface area is 230 Å². The van der Waals surface area contributed by atoms with Crippen molar-refractivity contribution in [2.75, 3.05) is 0 Å². The first-order chi connectivity index (χ1) is 17.4. The summed E-state index contributed by atoms with van der Waals surface area (Å²) >= 11 is 25.0. The van der Waals surface area contributed by atoms with Gasteiger partial charge in [-0.25, -0.2) is 9.13 Å². The molecule has 186 valence electrons. The third kappa shape index (κ3) is 7.48. The van der Waals surface area contributed by atoms with E-state index in [1.165, 1.54) is 0 Å². The van der Waals surface area contributed by atoms with Crippen LogP contribution in [0.5, 0.6) is 0 Å². The highest BCUT2D eigenvalue weighted by Crippen LogP contribution is 2.31. The van der Waals surface area contributed by atoms with Crippen LogP contribution in [0.2, 0.25) is 20.1 Å². The molecule has 0 saturated heterocycles. The number of nitrogens with one attached hydrogen (secondary N) is 1. The van der Waals surface area contributed by atoms with E-state index in [1.54, 1.807) is 24.3 Å². The van der Waals surface area contributed by atoms with Crippen molar-refractivity contribution in [2.45, 2.75) is 32.3 Å². The Morgan fingerprint density at radius 1 is 0.944 bits per heavy atom.